The molecule has 34 heavy (non-hydrogen) atoms. The van der Waals surface area contributed by atoms with Crippen molar-refractivity contribution in [3.63, 3.8) is 0 Å². The molecule has 6 nitrogen and oxygen atoms in total. The number of carbonyl (C=O) groups excluding carboxylic acids is 1. The monoisotopic (exact) mass is 457 g/mol. The van der Waals surface area contributed by atoms with Gasteiger partial charge < -0.3 is 19.7 Å². The molecule has 0 aliphatic carbocycles. The molecule has 0 unspecified atom stereocenters. The zero-order valence-corrected chi connectivity index (χ0v) is 19.7. The van der Waals surface area contributed by atoms with E-state index in [4.69, 9.17) is 9.47 Å². The molecule has 0 spiro atoms. The van der Waals surface area contributed by atoms with Gasteiger partial charge in [0.25, 0.3) is 0 Å². The van der Waals surface area contributed by atoms with Gasteiger partial charge in [0.2, 0.25) is 5.91 Å². The second-order valence-electron chi connectivity index (χ2n) is 8.23. The van der Waals surface area contributed by atoms with Gasteiger partial charge >= 0.3 is 0 Å². The van der Waals surface area contributed by atoms with Crippen molar-refractivity contribution in [2.45, 2.75) is 6.54 Å². The molecule has 3 aromatic carbocycles. The Hall–Kier alpha value is -3.77. The van der Waals surface area contributed by atoms with E-state index in [0.29, 0.717) is 11.5 Å². The molecule has 0 saturated carbocycles. The number of ether oxygens (including phenoxy) is 2. The number of nitrogens with zero attached hydrogens (tertiary/aromatic N) is 2. The van der Waals surface area contributed by atoms with Gasteiger partial charge in [-0.05, 0) is 53.6 Å². The number of methoxy groups -OCH3 is 2. The van der Waals surface area contributed by atoms with Gasteiger partial charge in [-0.2, -0.15) is 0 Å². The van der Waals surface area contributed by atoms with E-state index in [2.05, 4.69) is 57.6 Å². The number of hydrogen-bond acceptors (Lipinski definition) is 5. The highest BCUT2D eigenvalue weighted by atomic mass is 16.5. The highest BCUT2D eigenvalue weighted by Crippen LogP contribution is 2.28. The maximum Gasteiger partial charge on any atom is 0.248 e. The van der Waals surface area contributed by atoms with Crippen molar-refractivity contribution in [1.82, 2.24) is 4.90 Å². The maximum atomic E-state index is 12.4. The summed E-state index contributed by atoms with van der Waals surface area (Å²) in [6, 6.07) is 24.2. The fourth-order valence-corrected chi connectivity index (χ4v) is 4.07. The summed E-state index contributed by atoms with van der Waals surface area (Å²) in [6.45, 7) is 5.05. The number of benzene rings is 3. The van der Waals surface area contributed by atoms with Crippen LogP contribution in [0.25, 0.3) is 6.08 Å². The molecule has 1 aliphatic heterocycles. The first-order valence-electron chi connectivity index (χ1n) is 11.5. The topological polar surface area (TPSA) is 54.0 Å². The second-order valence-corrected chi connectivity index (χ2v) is 8.23. The first kappa shape index (κ1) is 23.4. The van der Waals surface area contributed by atoms with Gasteiger partial charge in [-0.3, -0.25) is 9.69 Å². The standard InChI is InChI=1S/C28H31N3O3/c1-33-26-14-8-22(20-27(26)34-2)9-15-28(32)29-24-10-12-25(13-11-24)31-18-16-30(17-19-31)21-23-6-4-3-5-7-23/h3-15,20H,16-19,21H2,1-2H3,(H,29,32)/b15-9+. The first-order chi connectivity index (χ1) is 16.6. The highest BCUT2D eigenvalue weighted by Gasteiger charge is 2.17. The Labute approximate surface area is 201 Å². The van der Waals surface area contributed by atoms with Crippen LogP contribution in [0.3, 0.4) is 0 Å². The van der Waals surface area contributed by atoms with E-state index in [9.17, 15) is 4.79 Å². The fraction of sp³-hybridized carbons (Fsp3) is 0.250. The van der Waals surface area contributed by atoms with Crippen molar-refractivity contribution in [3.8, 4) is 11.5 Å². The average molecular weight is 458 g/mol. The summed E-state index contributed by atoms with van der Waals surface area (Å²) < 4.78 is 10.6. The van der Waals surface area contributed by atoms with Gasteiger partial charge in [-0.15, -0.1) is 0 Å². The van der Waals surface area contributed by atoms with Crippen LogP contribution in [0.15, 0.2) is 78.9 Å². The van der Waals surface area contributed by atoms with Crippen molar-refractivity contribution in [2.24, 2.45) is 0 Å². The Kier molecular flexibility index (Phi) is 7.83. The number of anilines is 2. The Morgan fingerprint density at radius 2 is 1.59 bits per heavy atom. The Bertz CT molecular complexity index is 1110. The molecule has 3 aromatic rings. The van der Waals surface area contributed by atoms with E-state index in [1.54, 1.807) is 20.3 Å². The third-order valence-electron chi connectivity index (χ3n) is 5.96. The van der Waals surface area contributed by atoms with Crippen LogP contribution in [0.1, 0.15) is 11.1 Å². The predicted octanol–water partition coefficient (Wildman–Crippen LogP) is 4.68. The van der Waals surface area contributed by atoms with E-state index < -0.39 is 0 Å². The molecule has 1 saturated heterocycles. The van der Waals surface area contributed by atoms with Crippen LogP contribution in [-0.4, -0.2) is 51.2 Å². The van der Waals surface area contributed by atoms with E-state index in [0.717, 1.165) is 44.0 Å². The molecule has 1 aliphatic rings. The SMILES string of the molecule is COc1ccc(/C=C/C(=O)Nc2ccc(N3CCN(Cc4ccccc4)CC3)cc2)cc1OC. The molecule has 4 rings (SSSR count). The molecule has 0 atom stereocenters. The minimum Gasteiger partial charge on any atom is -0.493 e. The van der Waals surface area contributed by atoms with E-state index in [1.807, 2.05) is 30.3 Å². The Balaban J connectivity index is 1.27. The van der Waals surface area contributed by atoms with Crippen LogP contribution >= 0.6 is 0 Å². The minimum atomic E-state index is -0.183. The van der Waals surface area contributed by atoms with E-state index in [-0.39, 0.29) is 5.91 Å². The predicted molar refractivity (Wildman–Crippen MR) is 138 cm³/mol. The summed E-state index contributed by atoms with van der Waals surface area (Å²) in [5.41, 5.74) is 4.16. The van der Waals surface area contributed by atoms with Gasteiger partial charge in [0.05, 0.1) is 14.2 Å². The molecule has 176 valence electrons. The summed E-state index contributed by atoms with van der Waals surface area (Å²) in [7, 11) is 3.18. The third kappa shape index (κ3) is 6.17. The average Bonchev–Trinajstić information content (AvgIpc) is 2.89. The lowest BCUT2D eigenvalue weighted by atomic mass is 10.2. The number of rotatable bonds is 8. The van der Waals surface area contributed by atoms with Gasteiger partial charge in [0.1, 0.15) is 0 Å². The number of piperazine rings is 1. The van der Waals surface area contributed by atoms with E-state index in [1.165, 1.54) is 17.3 Å². The zero-order valence-electron chi connectivity index (χ0n) is 19.7. The van der Waals surface area contributed by atoms with Crippen LogP contribution in [0.4, 0.5) is 11.4 Å². The van der Waals surface area contributed by atoms with Crippen molar-refractivity contribution >= 4 is 23.4 Å². The van der Waals surface area contributed by atoms with Gasteiger partial charge in [0, 0.05) is 50.2 Å². The van der Waals surface area contributed by atoms with Crippen LogP contribution < -0.4 is 19.7 Å². The molecule has 1 fully saturated rings. The number of amides is 1. The molecule has 1 amide bonds. The Morgan fingerprint density at radius 1 is 0.882 bits per heavy atom. The van der Waals surface area contributed by atoms with Crippen molar-refractivity contribution in [2.75, 3.05) is 50.6 Å². The number of nitrogens with one attached hydrogen (secondary N) is 1. The number of hydrogen-bond donors (Lipinski definition) is 1. The lowest BCUT2D eigenvalue weighted by Crippen LogP contribution is -2.45. The van der Waals surface area contributed by atoms with Gasteiger partial charge in [-0.1, -0.05) is 36.4 Å². The van der Waals surface area contributed by atoms with Crippen LogP contribution in [0.2, 0.25) is 0 Å². The lowest BCUT2D eigenvalue weighted by Gasteiger charge is -2.36. The van der Waals surface area contributed by atoms with Crippen LogP contribution in [0, 0.1) is 0 Å². The molecule has 0 aromatic heterocycles. The van der Waals surface area contributed by atoms with Crippen molar-refractivity contribution in [3.05, 3.63) is 90.0 Å². The van der Waals surface area contributed by atoms with Gasteiger partial charge in [-0.25, -0.2) is 0 Å². The molecule has 0 bridgehead atoms. The third-order valence-corrected chi connectivity index (χ3v) is 5.96. The summed E-state index contributed by atoms with van der Waals surface area (Å²) in [6.07, 6.45) is 3.27. The molecule has 1 N–H and O–H groups in total. The highest BCUT2D eigenvalue weighted by molar-refractivity contribution is 6.02. The van der Waals surface area contributed by atoms with Crippen molar-refractivity contribution < 1.29 is 14.3 Å². The zero-order chi connectivity index (χ0) is 23.8. The van der Waals surface area contributed by atoms with E-state index >= 15 is 0 Å². The van der Waals surface area contributed by atoms with Crippen molar-refractivity contribution in [1.29, 1.82) is 0 Å². The number of carbonyl (C=O) groups is 1. The normalized spacial score (nSPS) is 14.2. The molecular weight excluding hydrogens is 426 g/mol. The lowest BCUT2D eigenvalue weighted by molar-refractivity contribution is -0.111. The summed E-state index contributed by atoms with van der Waals surface area (Å²) >= 11 is 0. The summed E-state index contributed by atoms with van der Waals surface area (Å²) in [5.74, 6) is 1.10. The maximum absolute atomic E-state index is 12.4. The quantitative estimate of drug-likeness (QED) is 0.498. The molecular formula is C28H31N3O3. The smallest absolute Gasteiger partial charge is 0.248 e. The van der Waals surface area contributed by atoms with Crippen LogP contribution in [0.5, 0.6) is 11.5 Å². The largest absolute Gasteiger partial charge is 0.493 e. The summed E-state index contributed by atoms with van der Waals surface area (Å²) in [4.78, 5) is 17.3. The molecule has 0 radical (unpaired) electrons. The second kappa shape index (κ2) is 11.4. The fourth-order valence-electron chi connectivity index (χ4n) is 4.07. The summed E-state index contributed by atoms with van der Waals surface area (Å²) in [5, 5.41) is 2.92. The minimum absolute atomic E-state index is 0.183. The molecule has 6 heteroatoms. The first-order valence-corrected chi connectivity index (χ1v) is 11.5. The van der Waals surface area contributed by atoms with Crippen LogP contribution in [-0.2, 0) is 11.3 Å². The molecule has 1 heterocycles. The Morgan fingerprint density at radius 3 is 2.26 bits per heavy atom. The van der Waals surface area contributed by atoms with Gasteiger partial charge in [0.15, 0.2) is 11.5 Å².